The molecule has 0 fully saturated rings. The van der Waals surface area contributed by atoms with Crippen LogP contribution in [-0.4, -0.2) is 8.07 Å². The smallest absolute Gasteiger partial charge is 0.0732 e. The van der Waals surface area contributed by atoms with Crippen molar-refractivity contribution in [3.05, 3.63) is 47.1 Å². The first-order valence-electron chi connectivity index (χ1n) is 5.28. The van der Waals surface area contributed by atoms with E-state index in [0.29, 0.717) is 5.92 Å². The van der Waals surface area contributed by atoms with E-state index < -0.39 is 8.07 Å². The van der Waals surface area contributed by atoms with Crippen LogP contribution in [0.3, 0.4) is 0 Å². The van der Waals surface area contributed by atoms with Gasteiger partial charge in [0.15, 0.2) is 0 Å². The Morgan fingerprint density at radius 1 is 1.15 bits per heavy atom. The van der Waals surface area contributed by atoms with Crippen molar-refractivity contribution in [1.29, 1.82) is 0 Å². The molecule has 0 bridgehead atoms. The van der Waals surface area contributed by atoms with Gasteiger partial charge < -0.3 is 0 Å². The van der Waals surface area contributed by atoms with Gasteiger partial charge >= 0.3 is 0 Å². The quantitative estimate of drug-likeness (QED) is 0.624. The fraction of sp³-hybridized carbons (Fsp3) is 0.333. The zero-order valence-corrected chi connectivity index (χ0v) is 9.46. The van der Waals surface area contributed by atoms with Gasteiger partial charge in [-0.05, 0) is 5.56 Å². The van der Waals surface area contributed by atoms with Crippen LogP contribution in [0.2, 0.25) is 19.6 Å². The first-order chi connectivity index (χ1) is 6.52. The standard InChI is InChI=1S/C12H16Si/c1-13(2,3)12-9-11(12)10-7-5-4-6-8-10/h4-9,11H,1-3H3/i9D. The van der Waals surface area contributed by atoms with Crippen LogP contribution in [0.5, 0.6) is 0 Å². The van der Waals surface area contributed by atoms with E-state index in [1.54, 1.807) is 0 Å². The fourth-order valence-electron chi connectivity index (χ4n) is 1.66. The monoisotopic (exact) mass is 189 g/mol. The van der Waals surface area contributed by atoms with Crippen molar-refractivity contribution in [1.82, 2.24) is 0 Å². The van der Waals surface area contributed by atoms with E-state index in [0.717, 1.165) is 6.05 Å². The second-order valence-electron chi connectivity index (χ2n) is 4.65. The summed E-state index contributed by atoms with van der Waals surface area (Å²) in [6.45, 7) is 6.96. The summed E-state index contributed by atoms with van der Waals surface area (Å²) in [5, 5.41) is 1.43. The number of hydrogen-bond acceptors (Lipinski definition) is 0. The largest absolute Gasteiger partial charge is 0.0771 e. The van der Waals surface area contributed by atoms with E-state index in [2.05, 4.69) is 43.9 Å². The summed E-state index contributed by atoms with van der Waals surface area (Å²) in [6, 6.07) is 11.3. The van der Waals surface area contributed by atoms with E-state index in [4.69, 9.17) is 1.37 Å². The van der Waals surface area contributed by atoms with E-state index in [1.165, 1.54) is 10.8 Å². The summed E-state index contributed by atoms with van der Waals surface area (Å²) in [5.74, 6) is 0.364. The predicted octanol–water partition coefficient (Wildman–Crippen LogP) is 3.59. The minimum Gasteiger partial charge on any atom is -0.0771 e. The molecule has 1 aliphatic rings. The average Bonchev–Trinajstić information content (AvgIpc) is 2.78. The Morgan fingerprint density at radius 2 is 1.77 bits per heavy atom. The fourth-order valence-corrected chi connectivity index (χ4v) is 3.27. The van der Waals surface area contributed by atoms with Crippen LogP contribution in [0, 0.1) is 0 Å². The van der Waals surface area contributed by atoms with Gasteiger partial charge in [-0.2, -0.15) is 0 Å². The van der Waals surface area contributed by atoms with Crippen LogP contribution in [0.1, 0.15) is 12.9 Å². The SMILES string of the molecule is [2H]C1=C([Si](C)(C)C)C1c1ccccc1. The summed E-state index contributed by atoms with van der Waals surface area (Å²) in [5.41, 5.74) is 1.30. The molecule has 1 aromatic rings. The van der Waals surface area contributed by atoms with Crippen molar-refractivity contribution in [3.63, 3.8) is 0 Å². The zero-order valence-electron chi connectivity index (χ0n) is 9.46. The number of rotatable bonds is 2. The predicted molar refractivity (Wildman–Crippen MR) is 60.6 cm³/mol. The summed E-state index contributed by atoms with van der Waals surface area (Å²) < 4.78 is 7.92. The van der Waals surface area contributed by atoms with Gasteiger partial charge in [-0.1, -0.05) is 61.2 Å². The molecule has 0 saturated carbocycles. The highest BCUT2D eigenvalue weighted by atomic mass is 28.3. The molecule has 1 aliphatic carbocycles. The molecule has 0 aromatic heterocycles. The van der Waals surface area contributed by atoms with Gasteiger partial charge in [0, 0.05) is 5.92 Å². The van der Waals surface area contributed by atoms with Crippen molar-refractivity contribution in [2.24, 2.45) is 0 Å². The molecule has 0 spiro atoms. The number of benzene rings is 1. The first-order valence-corrected chi connectivity index (χ1v) is 8.28. The van der Waals surface area contributed by atoms with Crippen LogP contribution in [0.25, 0.3) is 0 Å². The van der Waals surface area contributed by atoms with Crippen molar-refractivity contribution >= 4 is 8.07 Å². The van der Waals surface area contributed by atoms with Crippen LogP contribution in [0.4, 0.5) is 0 Å². The van der Waals surface area contributed by atoms with Gasteiger partial charge in [0.1, 0.15) is 0 Å². The van der Waals surface area contributed by atoms with Gasteiger partial charge in [0.2, 0.25) is 0 Å². The molecule has 0 aliphatic heterocycles. The highest BCUT2D eigenvalue weighted by Gasteiger charge is 2.35. The lowest BCUT2D eigenvalue weighted by Gasteiger charge is -2.13. The Kier molecular flexibility index (Phi) is 1.66. The average molecular weight is 189 g/mol. The van der Waals surface area contributed by atoms with Gasteiger partial charge in [0.25, 0.3) is 0 Å². The molecule has 1 unspecified atom stereocenters. The van der Waals surface area contributed by atoms with Gasteiger partial charge in [-0.15, -0.1) is 0 Å². The molecule has 0 heterocycles. The molecule has 0 nitrogen and oxygen atoms in total. The second-order valence-corrected chi connectivity index (χ2v) is 9.69. The summed E-state index contributed by atoms with van der Waals surface area (Å²) in [7, 11) is -1.24. The minimum atomic E-state index is -1.24. The van der Waals surface area contributed by atoms with Crippen LogP contribution >= 0.6 is 0 Å². The lowest BCUT2D eigenvalue weighted by Crippen LogP contribution is -2.19. The molecule has 0 saturated heterocycles. The normalized spacial score (nSPS) is 23.0. The molecule has 1 atom stereocenters. The van der Waals surface area contributed by atoms with E-state index >= 15 is 0 Å². The molecular formula is C12H16Si. The van der Waals surface area contributed by atoms with Gasteiger partial charge in [0.05, 0.1) is 9.44 Å². The molecule has 1 aromatic carbocycles. The molecule has 0 radical (unpaired) electrons. The Balaban J connectivity index is 2.22. The lowest BCUT2D eigenvalue weighted by molar-refractivity contribution is 1.21. The van der Waals surface area contributed by atoms with Crippen molar-refractivity contribution in [3.8, 4) is 0 Å². The Bertz CT molecular complexity index is 373. The molecular weight excluding hydrogens is 172 g/mol. The number of allylic oxidation sites excluding steroid dienone is 2. The molecule has 1 heteroatoms. The van der Waals surface area contributed by atoms with Crippen LogP contribution in [-0.2, 0) is 0 Å². The molecule has 0 N–H and O–H groups in total. The van der Waals surface area contributed by atoms with Crippen molar-refractivity contribution in [2.45, 2.75) is 25.6 Å². The third-order valence-corrected chi connectivity index (χ3v) is 4.50. The summed E-state index contributed by atoms with van der Waals surface area (Å²) >= 11 is 0. The lowest BCUT2D eigenvalue weighted by atomic mass is 10.1. The van der Waals surface area contributed by atoms with Crippen molar-refractivity contribution < 1.29 is 1.37 Å². The van der Waals surface area contributed by atoms with Crippen LogP contribution in [0.15, 0.2) is 41.6 Å². The first kappa shape index (κ1) is 7.57. The number of hydrogen-bond donors (Lipinski definition) is 0. The maximum atomic E-state index is 7.92. The van der Waals surface area contributed by atoms with Crippen LogP contribution < -0.4 is 0 Å². The van der Waals surface area contributed by atoms with Gasteiger partial charge in [-0.3, -0.25) is 0 Å². The van der Waals surface area contributed by atoms with E-state index in [9.17, 15) is 0 Å². The Hall–Kier alpha value is -0.823. The highest BCUT2D eigenvalue weighted by Crippen LogP contribution is 2.44. The highest BCUT2D eigenvalue weighted by molar-refractivity contribution is 6.84. The van der Waals surface area contributed by atoms with Gasteiger partial charge in [-0.25, -0.2) is 0 Å². The third-order valence-electron chi connectivity index (χ3n) is 2.45. The summed E-state index contributed by atoms with van der Waals surface area (Å²) in [4.78, 5) is 0. The maximum absolute atomic E-state index is 7.92. The molecule has 13 heavy (non-hydrogen) atoms. The van der Waals surface area contributed by atoms with Crippen molar-refractivity contribution in [2.75, 3.05) is 0 Å². The molecule has 2 rings (SSSR count). The Labute approximate surface area is 82.7 Å². The summed E-state index contributed by atoms with van der Waals surface area (Å²) in [6.07, 6.45) is 0. The molecule has 68 valence electrons. The Morgan fingerprint density at radius 3 is 2.23 bits per heavy atom. The second kappa shape index (κ2) is 2.84. The molecule has 0 amide bonds. The maximum Gasteiger partial charge on any atom is 0.0732 e. The third kappa shape index (κ3) is 1.75. The topological polar surface area (TPSA) is 0 Å². The van der Waals surface area contributed by atoms with E-state index in [-0.39, 0.29) is 0 Å². The van der Waals surface area contributed by atoms with E-state index in [1.807, 2.05) is 6.07 Å². The zero-order chi connectivity index (χ0) is 10.3. The minimum absolute atomic E-state index is 0.364.